The summed E-state index contributed by atoms with van der Waals surface area (Å²) in [6.45, 7) is 1.52. The lowest BCUT2D eigenvalue weighted by atomic mass is 9.85. The Balaban J connectivity index is 1.78. The number of carbonyl (C=O) groups is 2. The number of rotatable bonds is 7. The first kappa shape index (κ1) is 18.4. The van der Waals surface area contributed by atoms with E-state index in [-0.39, 0.29) is 30.3 Å². The quantitative estimate of drug-likeness (QED) is 0.651. The number of hydrogen-bond acceptors (Lipinski definition) is 5. The minimum atomic E-state index is -0.101. The van der Waals surface area contributed by atoms with E-state index in [2.05, 4.69) is 15.7 Å². The van der Waals surface area contributed by atoms with Crippen LogP contribution >= 0.6 is 0 Å². The summed E-state index contributed by atoms with van der Waals surface area (Å²) in [6.07, 6.45) is 6.83. The summed E-state index contributed by atoms with van der Waals surface area (Å²) in [5, 5.41) is 9.81. The van der Waals surface area contributed by atoms with E-state index in [1.807, 2.05) is 19.0 Å². The Labute approximate surface area is 142 Å². The summed E-state index contributed by atoms with van der Waals surface area (Å²) < 4.78 is 1.52. The summed E-state index contributed by atoms with van der Waals surface area (Å²) >= 11 is 0. The van der Waals surface area contributed by atoms with Crippen molar-refractivity contribution in [1.29, 1.82) is 0 Å². The van der Waals surface area contributed by atoms with Gasteiger partial charge in [-0.25, -0.2) is 0 Å². The zero-order valence-corrected chi connectivity index (χ0v) is 14.5. The van der Waals surface area contributed by atoms with Crippen molar-refractivity contribution >= 4 is 17.5 Å². The zero-order valence-electron chi connectivity index (χ0n) is 14.5. The molecular formula is C16H28N6O2. The first-order valence-corrected chi connectivity index (χ1v) is 8.44. The van der Waals surface area contributed by atoms with Gasteiger partial charge in [-0.1, -0.05) is 6.42 Å². The van der Waals surface area contributed by atoms with Crippen molar-refractivity contribution in [2.45, 2.75) is 38.3 Å². The molecule has 8 heteroatoms. The van der Waals surface area contributed by atoms with Gasteiger partial charge in [0.25, 0.3) is 0 Å². The van der Waals surface area contributed by atoms with Gasteiger partial charge in [0.15, 0.2) is 0 Å². The fourth-order valence-corrected chi connectivity index (χ4v) is 2.85. The van der Waals surface area contributed by atoms with Crippen LogP contribution in [0.15, 0.2) is 12.4 Å². The lowest BCUT2D eigenvalue weighted by Crippen LogP contribution is -2.34. The molecule has 0 spiro atoms. The van der Waals surface area contributed by atoms with Crippen LogP contribution in [0.4, 0.5) is 5.69 Å². The fraction of sp³-hybridized carbons (Fsp3) is 0.688. The Kier molecular flexibility index (Phi) is 6.74. The second-order valence-electron chi connectivity index (χ2n) is 6.69. The Hall–Kier alpha value is -1.93. The van der Waals surface area contributed by atoms with E-state index < -0.39 is 0 Å². The Bertz CT molecular complexity index is 557. The van der Waals surface area contributed by atoms with Crippen LogP contribution in [-0.2, 0) is 16.1 Å². The van der Waals surface area contributed by atoms with Gasteiger partial charge in [0.1, 0.15) is 6.54 Å². The van der Waals surface area contributed by atoms with E-state index in [0.29, 0.717) is 12.2 Å². The number of hydrogen-bond donors (Lipinski definition) is 3. The molecule has 1 fully saturated rings. The molecule has 1 saturated carbocycles. The summed E-state index contributed by atoms with van der Waals surface area (Å²) in [4.78, 5) is 26.1. The maximum absolute atomic E-state index is 12.3. The molecule has 0 bridgehead atoms. The molecule has 8 nitrogen and oxygen atoms in total. The Morgan fingerprint density at radius 1 is 1.42 bits per heavy atom. The summed E-state index contributed by atoms with van der Waals surface area (Å²) in [5.41, 5.74) is 6.54. The predicted octanol–water partition coefficient (Wildman–Crippen LogP) is 0.0169. The summed E-state index contributed by atoms with van der Waals surface area (Å²) in [7, 11) is 3.90. The second-order valence-corrected chi connectivity index (χ2v) is 6.69. The first-order valence-electron chi connectivity index (χ1n) is 8.44. The van der Waals surface area contributed by atoms with Crippen LogP contribution in [-0.4, -0.2) is 59.7 Å². The number of nitrogens with zero attached hydrogens (tertiary/aromatic N) is 3. The van der Waals surface area contributed by atoms with Gasteiger partial charge in [-0.15, -0.1) is 0 Å². The van der Waals surface area contributed by atoms with Gasteiger partial charge in [0.2, 0.25) is 11.8 Å². The molecule has 1 aliphatic rings. The van der Waals surface area contributed by atoms with Crippen LogP contribution in [0.2, 0.25) is 0 Å². The minimum absolute atomic E-state index is 0.0138. The van der Waals surface area contributed by atoms with E-state index in [4.69, 9.17) is 5.73 Å². The molecule has 0 saturated heterocycles. The number of aromatic nitrogens is 2. The van der Waals surface area contributed by atoms with Gasteiger partial charge in [-0.05, 0) is 33.4 Å². The molecular weight excluding hydrogens is 308 g/mol. The van der Waals surface area contributed by atoms with E-state index in [9.17, 15) is 9.59 Å². The van der Waals surface area contributed by atoms with Crippen LogP contribution in [0.5, 0.6) is 0 Å². The fourth-order valence-electron chi connectivity index (χ4n) is 2.85. The molecule has 2 amide bonds. The van der Waals surface area contributed by atoms with Gasteiger partial charge in [-0.2, -0.15) is 5.10 Å². The third-order valence-electron chi connectivity index (χ3n) is 4.17. The van der Waals surface area contributed by atoms with Gasteiger partial charge in [-0.3, -0.25) is 14.3 Å². The van der Waals surface area contributed by atoms with Crippen molar-refractivity contribution in [1.82, 2.24) is 20.0 Å². The zero-order chi connectivity index (χ0) is 17.5. The Morgan fingerprint density at radius 2 is 2.21 bits per heavy atom. The van der Waals surface area contributed by atoms with Gasteiger partial charge in [0.05, 0.1) is 11.9 Å². The molecule has 0 aliphatic heterocycles. The van der Waals surface area contributed by atoms with Crippen molar-refractivity contribution in [3.8, 4) is 0 Å². The highest BCUT2D eigenvalue weighted by molar-refractivity contribution is 5.92. The monoisotopic (exact) mass is 336 g/mol. The van der Waals surface area contributed by atoms with Crippen molar-refractivity contribution in [3.05, 3.63) is 12.4 Å². The minimum Gasteiger partial charge on any atom is -0.353 e. The molecule has 24 heavy (non-hydrogen) atoms. The third kappa shape index (κ3) is 5.93. The first-order chi connectivity index (χ1) is 11.4. The molecule has 1 aromatic rings. The number of likely N-dealkylation sites (N-methyl/N-ethyl adjacent to an activating group) is 1. The lowest BCUT2D eigenvalue weighted by Gasteiger charge is -2.25. The third-order valence-corrected chi connectivity index (χ3v) is 4.17. The van der Waals surface area contributed by atoms with Crippen molar-refractivity contribution in [3.63, 3.8) is 0 Å². The number of anilines is 1. The molecule has 0 radical (unpaired) electrons. The largest absolute Gasteiger partial charge is 0.353 e. The molecule has 2 unspecified atom stereocenters. The van der Waals surface area contributed by atoms with Crippen LogP contribution in [0.25, 0.3) is 0 Å². The van der Waals surface area contributed by atoms with Crippen molar-refractivity contribution in [2.75, 3.05) is 32.5 Å². The molecule has 1 aromatic heterocycles. The summed E-state index contributed by atoms with van der Waals surface area (Å²) in [5.74, 6) is -0.150. The number of nitrogens with two attached hydrogens (primary N) is 1. The van der Waals surface area contributed by atoms with E-state index in [0.717, 1.165) is 32.2 Å². The van der Waals surface area contributed by atoms with Crippen molar-refractivity contribution in [2.24, 2.45) is 11.7 Å². The second kappa shape index (κ2) is 8.79. The highest BCUT2D eigenvalue weighted by atomic mass is 16.2. The van der Waals surface area contributed by atoms with Crippen LogP contribution in [0, 0.1) is 5.92 Å². The SMILES string of the molecule is CN(C)CCNC(=O)Cn1cc(NC(=O)C2CCCC(N)C2)cn1. The molecule has 4 N–H and O–H groups in total. The normalized spacial score (nSPS) is 20.8. The number of amides is 2. The van der Waals surface area contributed by atoms with E-state index in [1.165, 1.54) is 4.68 Å². The average Bonchev–Trinajstić information content (AvgIpc) is 2.93. The van der Waals surface area contributed by atoms with Gasteiger partial charge in [0, 0.05) is 31.2 Å². The van der Waals surface area contributed by atoms with Gasteiger partial charge < -0.3 is 21.3 Å². The van der Waals surface area contributed by atoms with Gasteiger partial charge >= 0.3 is 0 Å². The van der Waals surface area contributed by atoms with E-state index >= 15 is 0 Å². The molecule has 2 rings (SSSR count). The smallest absolute Gasteiger partial charge is 0.241 e. The maximum atomic E-state index is 12.3. The highest BCUT2D eigenvalue weighted by Gasteiger charge is 2.25. The number of nitrogens with one attached hydrogen (secondary N) is 2. The standard InChI is InChI=1S/C16H28N6O2/c1-21(2)7-6-18-15(23)11-22-10-14(9-19-22)20-16(24)12-4-3-5-13(17)8-12/h9-10,12-13H,3-8,11,17H2,1-2H3,(H,18,23)(H,20,24). The average molecular weight is 336 g/mol. The van der Waals surface area contributed by atoms with Crippen LogP contribution < -0.4 is 16.4 Å². The maximum Gasteiger partial charge on any atom is 0.241 e. The highest BCUT2D eigenvalue weighted by Crippen LogP contribution is 2.24. The molecule has 1 aliphatic carbocycles. The van der Waals surface area contributed by atoms with Crippen molar-refractivity contribution < 1.29 is 9.59 Å². The number of carbonyl (C=O) groups excluding carboxylic acids is 2. The lowest BCUT2D eigenvalue weighted by molar-refractivity contribution is -0.122. The molecule has 0 aromatic carbocycles. The Morgan fingerprint density at radius 3 is 2.92 bits per heavy atom. The molecule has 134 valence electrons. The van der Waals surface area contributed by atoms with E-state index in [1.54, 1.807) is 12.4 Å². The summed E-state index contributed by atoms with van der Waals surface area (Å²) in [6, 6.07) is 0.114. The predicted molar refractivity (Wildman–Crippen MR) is 92.4 cm³/mol. The van der Waals surface area contributed by atoms with Crippen LogP contribution in [0.3, 0.4) is 0 Å². The molecule has 1 heterocycles. The van der Waals surface area contributed by atoms with Crippen LogP contribution in [0.1, 0.15) is 25.7 Å². The molecule has 2 atom stereocenters. The topological polar surface area (TPSA) is 105 Å².